The average Bonchev–Trinajstić information content (AvgIpc) is 2.93. The number of methoxy groups -OCH3 is 1. The van der Waals surface area contributed by atoms with Gasteiger partial charge in [-0.15, -0.1) is 0 Å². The molecule has 1 aromatic heterocycles. The van der Waals surface area contributed by atoms with E-state index < -0.39 is 10.0 Å². The number of ether oxygens (including phenoxy) is 2. The molecule has 206 valence electrons. The number of amides is 1. The fourth-order valence-electron chi connectivity index (χ4n) is 4.11. The van der Waals surface area contributed by atoms with Crippen molar-refractivity contribution >= 4 is 45.4 Å². The highest BCUT2D eigenvalue weighted by molar-refractivity contribution is 7.89. The van der Waals surface area contributed by atoms with Crippen LogP contribution in [0.5, 0.6) is 11.5 Å². The Bertz CT molecular complexity index is 1510. The maximum Gasteiger partial charge on any atom is 0.262 e. The molecule has 0 bridgehead atoms. The number of aromatic nitrogens is 2. The number of aldehydes is 1. The summed E-state index contributed by atoms with van der Waals surface area (Å²) in [6.45, 7) is 3.98. The van der Waals surface area contributed by atoms with Crippen LogP contribution in [0.1, 0.15) is 24.3 Å². The summed E-state index contributed by atoms with van der Waals surface area (Å²) in [7, 11) is -1.05. The van der Waals surface area contributed by atoms with Crippen molar-refractivity contribution in [3.05, 3.63) is 42.1 Å². The van der Waals surface area contributed by atoms with Crippen molar-refractivity contribution in [1.82, 2.24) is 14.3 Å². The van der Waals surface area contributed by atoms with Gasteiger partial charge in [0.1, 0.15) is 23.0 Å². The van der Waals surface area contributed by atoms with Crippen LogP contribution in [0.15, 0.2) is 41.3 Å². The van der Waals surface area contributed by atoms with Gasteiger partial charge < -0.3 is 20.1 Å². The first-order valence-electron chi connectivity index (χ1n) is 11.9. The first-order valence-corrected chi connectivity index (χ1v) is 13.4. The Balaban J connectivity index is 1.91. The summed E-state index contributed by atoms with van der Waals surface area (Å²) in [4.78, 5) is 37.7. The Kier molecular flexibility index (Phi) is 8.28. The summed E-state index contributed by atoms with van der Waals surface area (Å²) in [5, 5.41) is 5.87. The van der Waals surface area contributed by atoms with Crippen molar-refractivity contribution < 1.29 is 32.3 Å². The number of anilines is 4. The zero-order chi connectivity index (χ0) is 28.2. The minimum atomic E-state index is -3.84. The molecule has 0 atom stereocenters. The average molecular weight is 557 g/mol. The standard InChI is InChI=1S/C25H28N6O7S/c1-5-31(6-2)39(34,35)16-8-10-20(36-3)17(12-16)23-19(13-32)28-25(30-37-4)29-24(23)26-15-7-9-21-18(11-15)27-22(33)14-38-21/h7-13H,5-6,14H2,1-4H3,(H,27,33)(H2,26,28,29,30). The summed E-state index contributed by atoms with van der Waals surface area (Å²) in [5.74, 6) is 0.612. The van der Waals surface area contributed by atoms with Crippen LogP contribution in [-0.4, -0.2) is 68.8 Å². The molecule has 0 unspecified atom stereocenters. The Morgan fingerprint density at radius 1 is 1.13 bits per heavy atom. The van der Waals surface area contributed by atoms with E-state index in [1.807, 2.05) is 0 Å². The highest BCUT2D eigenvalue weighted by atomic mass is 32.2. The second-order valence-electron chi connectivity index (χ2n) is 8.20. The van der Waals surface area contributed by atoms with Crippen molar-refractivity contribution in [2.75, 3.05) is 50.0 Å². The van der Waals surface area contributed by atoms with Crippen LogP contribution in [0.3, 0.4) is 0 Å². The van der Waals surface area contributed by atoms with E-state index in [1.165, 1.54) is 36.7 Å². The maximum absolute atomic E-state index is 13.3. The van der Waals surface area contributed by atoms with Crippen molar-refractivity contribution in [2.24, 2.45) is 0 Å². The van der Waals surface area contributed by atoms with Crippen molar-refractivity contribution in [2.45, 2.75) is 18.7 Å². The molecule has 2 aromatic carbocycles. The smallest absolute Gasteiger partial charge is 0.262 e. The van der Waals surface area contributed by atoms with E-state index in [0.717, 1.165) is 0 Å². The third kappa shape index (κ3) is 5.62. The first kappa shape index (κ1) is 27.8. The Morgan fingerprint density at radius 2 is 1.90 bits per heavy atom. The molecule has 0 saturated carbocycles. The molecule has 0 radical (unpaired) electrons. The molecule has 3 N–H and O–H groups in total. The van der Waals surface area contributed by atoms with Crippen LogP contribution >= 0.6 is 0 Å². The van der Waals surface area contributed by atoms with Crippen LogP contribution in [0.2, 0.25) is 0 Å². The van der Waals surface area contributed by atoms with E-state index in [9.17, 15) is 18.0 Å². The molecule has 2 heterocycles. The first-order chi connectivity index (χ1) is 18.7. The van der Waals surface area contributed by atoms with Gasteiger partial charge in [0.2, 0.25) is 16.0 Å². The summed E-state index contributed by atoms with van der Waals surface area (Å²) < 4.78 is 38.9. The topological polar surface area (TPSA) is 161 Å². The molecule has 39 heavy (non-hydrogen) atoms. The summed E-state index contributed by atoms with van der Waals surface area (Å²) in [6, 6.07) is 9.39. The van der Waals surface area contributed by atoms with Crippen molar-refractivity contribution in [3.63, 3.8) is 0 Å². The van der Waals surface area contributed by atoms with Gasteiger partial charge in [-0.1, -0.05) is 13.8 Å². The van der Waals surface area contributed by atoms with E-state index in [2.05, 4.69) is 26.1 Å². The van der Waals surface area contributed by atoms with Crippen molar-refractivity contribution in [1.29, 1.82) is 0 Å². The maximum atomic E-state index is 13.3. The van der Waals surface area contributed by atoms with Crippen LogP contribution in [0.4, 0.5) is 23.1 Å². The second kappa shape index (κ2) is 11.6. The lowest BCUT2D eigenvalue weighted by Gasteiger charge is -2.21. The number of hydrogen-bond donors (Lipinski definition) is 3. The second-order valence-corrected chi connectivity index (χ2v) is 10.1. The van der Waals surface area contributed by atoms with Crippen LogP contribution in [0, 0.1) is 0 Å². The summed E-state index contributed by atoms with van der Waals surface area (Å²) in [5.41, 5.74) is 3.85. The lowest BCUT2D eigenvalue weighted by molar-refractivity contribution is -0.118. The Morgan fingerprint density at radius 3 is 2.56 bits per heavy atom. The molecular weight excluding hydrogens is 528 g/mol. The minimum absolute atomic E-state index is 0.0116. The molecule has 0 aliphatic carbocycles. The minimum Gasteiger partial charge on any atom is -0.496 e. The zero-order valence-corrected chi connectivity index (χ0v) is 22.6. The normalized spacial score (nSPS) is 12.8. The van der Waals surface area contributed by atoms with Crippen LogP contribution in [-0.2, 0) is 19.7 Å². The largest absolute Gasteiger partial charge is 0.496 e. The molecule has 3 aromatic rings. The van der Waals surface area contributed by atoms with Gasteiger partial charge in [-0.2, -0.15) is 9.29 Å². The molecule has 1 amide bonds. The quantitative estimate of drug-likeness (QED) is 0.235. The number of benzene rings is 2. The fourth-order valence-corrected chi connectivity index (χ4v) is 5.59. The fraction of sp³-hybridized carbons (Fsp3) is 0.280. The van der Waals surface area contributed by atoms with Crippen LogP contribution < -0.4 is 25.6 Å². The third-order valence-electron chi connectivity index (χ3n) is 5.90. The third-order valence-corrected chi connectivity index (χ3v) is 7.95. The number of carbonyl (C=O) groups excluding carboxylic acids is 2. The molecular formula is C25H28N6O7S. The molecule has 4 rings (SSSR count). The predicted molar refractivity (Wildman–Crippen MR) is 144 cm³/mol. The van der Waals surface area contributed by atoms with E-state index in [1.54, 1.807) is 32.0 Å². The number of nitrogens with zero attached hydrogens (tertiary/aromatic N) is 3. The molecule has 1 aliphatic heterocycles. The molecule has 0 spiro atoms. The summed E-state index contributed by atoms with van der Waals surface area (Å²) in [6.07, 6.45) is 0.523. The van der Waals surface area contributed by atoms with E-state index in [0.29, 0.717) is 29.2 Å². The molecule has 0 saturated heterocycles. The van der Waals surface area contributed by atoms with Crippen molar-refractivity contribution in [3.8, 4) is 22.6 Å². The summed E-state index contributed by atoms with van der Waals surface area (Å²) >= 11 is 0. The van der Waals surface area contributed by atoms with Gasteiger partial charge in [-0.3, -0.25) is 14.4 Å². The predicted octanol–water partition coefficient (Wildman–Crippen LogP) is 3.04. The molecule has 0 fully saturated rings. The molecule has 14 heteroatoms. The number of rotatable bonds is 11. The van der Waals surface area contributed by atoms with Gasteiger partial charge in [-0.25, -0.2) is 18.9 Å². The van der Waals surface area contributed by atoms with Gasteiger partial charge >= 0.3 is 0 Å². The van der Waals surface area contributed by atoms with E-state index >= 15 is 0 Å². The highest BCUT2D eigenvalue weighted by Gasteiger charge is 2.26. The van der Waals surface area contributed by atoms with Crippen LogP contribution in [0.25, 0.3) is 11.1 Å². The Hall–Kier alpha value is -4.27. The molecule has 13 nitrogen and oxygen atoms in total. The highest BCUT2D eigenvalue weighted by Crippen LogP contribution is 2.40. The van der Waals surface area contributed by atoms with Gasteiger partial charge in [0.25, 0.3) is 5.91 Å². The van der Waals surface area contributed by atoms with Gasteiger partial charge in [0.15, 0.2) is 12.9 Å². The zero-order valence-electron chi connectivity index (χ0n) is 21.8. The van der Waals surface area contributed by atoms with E-state index in [-0.39, 0.29) is 59.1 Å². The Labute approximate surface area is 225 Å². The van der Waals surface area contributed by atoms with E-state index in [4.69, 9.17) is 14.3 Å². The number of fused-ring (bicyclic) bond motifs is 1. The monoisotopic (exact) mass is 556 g/mol. The van der Waals surface area contributed by atoms with Gasteiger partial charge in [0.05, 0.1) is 30.4 Å². The van der Waals surface area contributed by atoms with Gasteiger partial charge in [0, 0.05) is 24.3 Å². The SMILES string of the molecule is CCN(CC)S(=O)(=O)c1ccc(OC)c(-c2c(C=O)nc(NOC)nc2Nc2ccc3c(c2)NC(=O)CO3)c1. The number of carbonyl (C=O) groups is 2. The van der Waals surface area contributed by atoms with Gasteiger partial charge in [-0.05, 0) is 36.4 Å². The number of sulfonamides is 1. The lowest BCUT2D eigenvalue weighted by Crippen LogP contribution is -2.30. The number of nitrogens with one attached hydrogen (secondary N) is 3. The number of hydrogen-bond acceptors (Lipinski definition) is 11. The lowest BCUT2D eigenvalue weighted by atomic mass is 10.0. The molecule has 1 aliphatic rings.